The second kappa shape index (κ2) is 5.90. The van der Waals surface area contributed by atoms with Crippen molar-refractivity contribution in [1.29, 1.82) is 0 Å². The molecule has 0 aliphatic carbocycles. The zero-order chi connectivity index (χ0) is 15.5. The highest BCUT2D eigenvalue weighted by molar-refractivity contribution is 5.80. The van der Waals surface area contributed by atoms with Crippen LogP contribution in [0.15, 0.2) is 66.9 Å². The Bertz CT molecular complexity index is 716. The van der Waals surface area contributed by atoms with Crippen molar-refractivity contribution in [3.63, 3.8) is 0 Å². The average Bonchev–Trinajstić information content (AvgIpc) is 2.53. The van der Waals surface area contributed by atoms with Gasteiger partial charge in [-0.1, -0.05) is 35.4 Å². The molecule has 1 heterocycles. The molecule has 0 radical (unpaired) electrons. The molecule has 0 aliphatic rings. The quantitative estimate of drug-likeness (QED) is 0.756. The zero-order valence-corrected chi connectivity index (χ0v) is 12.8. The summed E-state index contributed by atoms with van der Waals surface area (Å²) in [6, 6.07) is 20.4. The summed E-state index contributed by atoms with van der Waals surface area (Å²) < 4.78 is 0. The summed E-state index contributed by atoms with van der Waals surface area (Å²) >= 11 is 0. The summed E-state index contributed by atoms with van der Waals surface area (Å²) in [6.45, 7) is 4.16. The molecule has 3 aromatic rings. The maximum Gasteiger partial charge on any atom is 0.160 e. The monoisotopic (exact) mass is 289 g/mol. The third-order valence-electron chi connectivity index (χ3n) is 3.61. The van der Waals surface area contributed by atoms with Gasteiger partial charge in [0.1, 0.15) is 0 Å². The number of nitrogens with two attached hydrogens (primary N) is 1. The summed E-state index contributed by atoms with van der Waals surface area (Å²) in [7, 11) is 0. The van der Waals surface area contributed by atoms with Gasteiger partial charge in [-0.15, -0.1) is 0 Å². The number of benzene rings is 2. The third kappa shape index (κ3) is 2.79. The van der Waals surface area contributed by atoms with Gasteiger partial charge < -0.3 is 5.73 Å². The van der Waals surface area contributed by atoms with Crippen LogP contribution in [0.3, 0.4) is 0 Å². The van der Waals surface area contributed by atoms with Gasteiger partial charge in [0.05, 0.1) is 5.69 Å². The number of pyridine rings is 1. The van der Waals surface area contributed by atoms with Crippen LogP contribution in [0.25, 0.3) is 0 Å². The number of aryl methyl sites for hydroxylation is 2. The van der Waals surface area contributed by atoms with Gasteiger partial charge in [0.2, 0.25) is 0 Å². The van der Waals surface area contributed by atoms with Crippen LogP contribution in [0.4, 0.5) is 22.9 Å². The highest BCUT2D eigenvalue weighted by atomic mass is 15.2. The molecule has 2 aromatic carbocycles. The van der Waals surface area contributed by atoms with Crippen molar-refractivity contribution in [3.05, 3.63) is 78.0 Å². The molecule has 3 nitrogen and oxygen atoms in total. The van der Waals surface area contributed by atoms with Gasteiger partial charge in [0.25, 0.3) is 0 Å². The lowest BCUT2D eigenvalue weighted by Gasteiger charge is -2.25. The Morgan fingerprint density at radius 3 is 1.73 bits per heavy atom. The summed E-state index contributed by atoms with van der Waals surface area (Å²) in [4.78, 5) is 6.55. The van der Waals surface area contributed by atoms with E-state index >= 15 is 0 Å². The molecule has 22 heavy (non-hydrogen) atoms. The molecule has 0 aliphatic heterocycles. The van der Waals surface area contributed by atoms with Crippen LogP contribution in [-0.4, -0.2) is 4.98 Å². The number of nitrogens with zero attached hydrogens (tertiary/aromatic N) is 2. The second-order valence-corrected chi connectivity index (χ2v) is 5.42. The number of nitrogen functional groups attached to an aromatic ring is 1. The van der Waals surface area contributed by atoms with E-state index in [1.165, 1.54) is 11.1 Å². The fourth-order valence-electron chi connectivity index (χ4n) is 2.38. The van der Waals surface area contributed by atoms with Gasteiger partial charge in [0, 0.05) is 17.6 Å². The van der Waals surface area contributed by atoms with Gasteiger partial charge in [-0.05, 0) is 50.2 Å². The Labute approximate surface area is 131 Å². The standard InChI is InChI=1S/C19H19N3/c1-14-5-9-16(10-6-14)22(17-11-7-15(2)8-12-17)19-18(20)4-3-13-21-19/h3-13H,20H2,1-2H3. The maximum atomic E-state index is 6.15. The van der Waals surface area contributed by atoms with Gasteiger partial charge >= 0.3 is 0 Å². The van der Waals surface area contributed by atoms with E-state index in [1.54, 1.807) is 6.20 Å². The van der Waals surface area contributed by atoms with Gasteiger partial charge in [-0.2, -0.15) is 0 Å². The van der Waals surface area contributed by atoms with Crippen molar-refractivity contribution in [2.24, 2.45) is 0 Å². The minimum atomic E-state index is 0.656. The fraction of sp³-hybridized carbons (Fsp3) is 0.105. The Balaban J connectivity index is 2.16. The first-order chi connectivity index (χ1) is 10.6. The van der Waals surface area contributed by atoms with Gasteiger partial charge in [-0.25, -0.2) is 4.98 Å². The van der Waals surface area contributed by atoms with Crippen LogP contribution < -0.4 is 10.6 Å². The molecule has 0 spiro atoms. The second-order valence-electron chi connectivity index (χ2n) is 5.42. The topological polar surface area (TPSA) is 42.2 Å². The third-order valence-corrected chi connectivity index (χ3v) is 3.61. The van der Waals surface area contributed by atoms with Crippen molar-refractivity contribution >= 4 is 22.9 Å². The molecule has 3 rings (SSSR count). The smallest absolute Gasteiger partial charge is 0.160 e. The van der Waals surface area contributed by atoms with Gasteiger partial charge in [0.15, 0.2) is 5.82 Å². The van der Waals surface area contributed by atoms with Crippen molar-refractivity contribution in [2.45, 2.75) is 13.8 Å². The number of anilines is 4. The Kier molecular flexibility index (Phi) is 3.79. The Morgan fingerprint density at radius 1 is 0.773 bits per heavy atom. The number of rotatable bonds is 3. The molecule has 0 atom stereocenters. The minimum Gasteiger partial charge on any atom is -0.396 e. The van der Waals surface area contributed by atoms with Crippen molar-refractivity contribution in [3.8, 4) is 0 Å². The van der Waals surface area contributed by atoms with E-state index in [0.717, 1.165) is 17.2 Å². The highest BCUT2D eigenvalue weighted by Gasteiger charge is 2.15. The minimum absolute atomic E-state index is 0.656. The molecule has 3 heteroatoms. The average molecular weight is 289 g/mol. The van der Waals surface area contributed by atoms with Crippen LogP contribution in [-0.2, 0) is 0 Å². The lowest BCUT2D eigenvalue weighted by molar-refractivity contribution is 1.18. The van der Waals surface area contributed by atoms with E-state index < -0.39 is 0 Å². The van der Waals surface area contributed by atoms with E-state index in [4.69, 9.17) is 5.73 Å². The highest BCUT2D eigenvalue weighted by Crippen LogP contribution is 2.36. The number of hydrogen-bond acceptors (Lipinski definition) is 3. The first-order valence-electron chi connectivity index (χ1n) is 7.29. The summed E-state index contributed by atoms with van der Waals surface area (Å²) in [5, 5.41) is 0. The van der Waals surface area contributed by atoms with Crippen LogP contribution >= 0.6 is 0 Å². The van der Waals surface area contributed by atoms with Crippen LogP contribution in [0.1, 0.15) is 11.1 Å². The van der Waals surface area contributed by atoms with E-state index in [-0.39, 0.29) is 0 Å². The molecular weight excluding hydrogens is 270 g/mol. The predicted octanol–water partition coefficient (Wildman–Crippen LogP) is 4.75. The SMILES string of the molecule is Cc1ccc(N(c2ccc(C)cc2)c2ncccc2N)cc1. The Morgan fingerprint density at radius 2 is 1.27 bits per heavy atom. The molecule has 0 unspecified atom stereocenters. The lowest BCUT2D eigenvalue weighted by atomic mass is 10.1. The van der Waals surface area contributed by atoms with Crippen molar-refractivity contribution in [1.82, 2.24) is 4.98 Å². The van der Waals surface area contributed by atoms with Crippen molar-refractivity contribution in [2.75, 3.05) is 10.6 Å². The maximum absolute atomic E-state index is 6.15. The fourth-order valence-corrected chi connectivity index (χ4v) is 2.38. The van der Waals surface area contributed by atoms with E-state index in [1.807, 2.05) is 12.1 Å². The first-order valence-corrected chi connectivity index (χ1v) is 7.29. The molecule has 2 N–H and O–H groups in total. The lowest BCUT2D eigenvalue weighted by Crippen LogP contribution is -2.13. The summed E-state index contributed by atoms with van der Waals surface area (Å²) in [6.07, 6.45) is 1.76. The predicted molar refractivity (Wildman–Crippen MR) is 92.8 cm³/mol. The van der Waals surface area contributed by atoms with Crippen LogP contribution in [0.2, 0.25) is 0 Å². The first kappa shape index (κ1) is 14.1. The number of aromatic nitrogens is 1. The zero-order valence-electron chi connectivity index (χ0n) is 12.8. The molecule has 0 saturated carbocycles. The van der Waals surface area contributed by atoms with Gasteiger partial charge in [-0.3, -0.25) is 4.90 Å². The summed E-state index contributed by atoms with van der Waals surface area (Å²) in [5.41, 5.74) is 11.3. The van der Waals surface area contributed by atoms with E-state index in [0.29, 0.717) is 5.69 Å². The van der Waals surface area contributed by atoms with E-state index in [9.17, 15) is 0 Å². The van der Waals surface area contributed by atoms with Crippen molar-refractivity contribution < 1.29 is 0 Å². The van der Waals surface area contributed by atoms with E-state index in [2.05, 4.69) is 72.3 Å². The number of hydrogen-bond donors (Lipinski definition) is 1. The molecule has 110 valence electrons. The largest absolute Gasteiger partial charge is 0.396 e. The molecule has 1 aromatic heterocycles. The normalized spacial score (nSPS) is 10.5. The summed E-state index contributed by atoms with van der Waals surface area (Å²) in [5.74, 6) is 0.746. The van der Waals surface area contributed by atoms with Crippen LogP contribution in [0, 0.1) is 13.8 Å². The van der Waals surface area contributed by atoms with Crippen LogP contribution in [0.5, 0.6) is 0 Å². The molecule has 0 bridgehead atoms. The molecule has 0 fully saturated rings. The molecular formula is C19H19N3. The molecule has 0 amide bonds. The Hall–Kier alpha value is -2.81. The molecule has 0 saturated heterocycles.